The van der Waals surface area contributed by atoms with Crippen LogP contribution in [0.3, 0.4) is 0 Å². The summed E-state index contributed by atoms with van der Waals surface area (Å²) in [6, 6.07) is 0. The van der Waals surface area contributed by atoms with Crippen molar-refractivity contribution in [3.05, 3.63) is 33.0 Å². The lowest BCUT2D eigenvalue weighted by Gasteiger charge is -2.36. The molecule has 30 heavy (non-hydrogen) atoms. The Morgan fingerprint density at radius 3 is 2.90 bits per heavy atom. The largest absolute Gasteiger partial charge is 0.461 e. The Bertz CT molecular complexity index is 930. The van der Waals surface area contributed by atoms with Gasteiger partial charge < -0.3 is 14.8 Å². The zero-order chi connectivity index (χ0) is 21.1. The summed E-state index contributed by atoms with van der Waals surface area (Å²) in [5.41, 5.74) is 4.95. The van der Waals surface area contributed by atoms with Crippen molar-refractivity contribution >= 4 is 23.2 Å². The van der Waals surface area contributed by atoms with Crippen LogP contribution in [0.1, 0.15) is 63.3 Å². The number of thiazole rings is 1. The summed E-state index contributed by atoms with van der Waals surface area (Å²) in [7, 11) is 0. The minimum atomic E-state index is -0.330. The van der Waals surface area contributed by atoms with Crippen molar-refractivity contribution in [1.29, 1.82) is 0 Å². The van der Waals surface area contributed by atoms with Gasteiger partial charge in [0.15, 0.2) is 0 Å². The smallest absolute Gasteiger partial charge is 0.350 e. The van der Waals surface area contributed by atoms with Gasteiger partial charge in [-0.3, -0.25) is 9.48 Å². The molecule has 9 heteroatoms. The molecule has 0 radical (unpaired) electrons. The number of carbonyl (C=O) groups is 2. The van der Waals surface area contributed by atoms with E-state index in [1.807, 2.05) is 11.6 Å². The van der Waals surface area contributed by atoms with E-state index in [0.717, 1.165) is 49.4 Å². The normalized spacial score (nSPS) is 18.0. The second-order valence-electron chi connectivity index (χ2n) is 8.07. The van der Waals surface area contributed by atoms with Crippen LogP contribution in [0.2, 0.25) is 0 Å². The first-order valence-corrected chi connectivity index (χ1v) is 11.4. The van der Waals surface area contributed by atoms with Gasteiger partial charge in [0.2, 0.25) is 0 Å². The van der Waals surface area contributed by atoms with Crippen LogP contribution in [0, 0.1) is 12.3 Å². The van der Waals surface area contributed by atoms with Crippen molar-refractivity contribution in [3.63, 3.8) is 0 Å². The van der Waals surface area contributed by atoms with Crippen molar-refractivity contribution in [2.45, 2.75) is 52.5 Å². The van der Waals surface area contributed by atoms with Crippen molar-refractivity contribution in [3.8, 4) is 0 Å². The quantitative estimate of drug-likeness (QED) is 0.557. The predicted molar refractivity (Wildman–Crippen MR) is 112 cm³/mol. The van der Waals surface area contributed by atoms with Crippen LogP contribution in [-0.4, -0.2) is 53.0 Å². The summed E-state index contributed by atoms with van der Waals surface area (Å²) in [5, 5.41) is 7.87. The number of nitrogens with zero attached hydrogens (tertiary/aromatic N) is 3. The van der Waals surface area contributed by atoms with Crippen LogP contribution in [0.4, 0.5) is 0 Å². The van der Waals surface area contributed by atoms with Crippen LogP contribution in [0.25, 0.3) is 0 Å². The molecule has 2 aliphatic heterocycles. The highest BCUT2D eigenvalue weighted by Crippen LogP contribution is 2.37. The van der Waals surface area contributed by atoms with E-state index >= 15 is 0 Å². The van der Waals surface area contributed by atoms with Gasteiger partial charge in [0.05, 0.1) is 34.8 Å². The predicted octanol–water partition coefficient (Wildman–Crippen LogP) is 2.54. The van der Waals surface area contributed by atoms with Crippen LogP contribution in [0.15, 0.2) is 5.51 Å². The van der Waals surface area contributed by atoms with Crippen molar-refractivity contribution in [2.75, 3.05) is 26.4 Å². The molecule has 1 spiro atoms. The maximum absolute atomic E-state index is 12.8. The molecule has 2 aliphatic rings. The number of amides is 1. The minimum absolute atomic E-state index is 0.0245. The highest BCUT2D eigenvalue weighted by Gasteiger charge is 2.39. The third-order valence-corrected chi connectivity index (χ3v) is 7.00. The lowest BCUT2D eigenvalue weighted by molar-refractivity contribution is 0.0152. The summed E-state index contributed by atoms with van der Waals surface area (Å²) < 4.78 is 12.9. The lowest BCUT2D eigenvalue weighted by Crippen LogP contribution is -2.40. The first-order chi connectivity index (χ1) is 14.5. The number of hydrogen-bond donors (Lipinski definition) is 1. The maximum Gasteiger partial charge on any atom is 0.350 e. The summed E-state index contributed by atoms with van der Waals surface area (Å²) in [5.74, 6) is -0.354. The van der Waals surface area contributed by atoms with Crippen molar-refractivity contribution in [1.82, 2.24) is 20.1 Å². The van der Waals surface area contributed by atoms with Gasteiger partial charge in [-0.1, -0.05) is 6.92 Å². The molecule has 4 heterocycles. The van der Waals surface area contributed by atoms with E-state index in [2.05, 4.69) is 10.3 Å². The van der Waals surface area contributed by atoms with Gasteiger partial charge in [-0.25, -0.2) is 9.78 Å². The van der Waals surface area contributed by atoms with E-state index in [1.54, 1.807) is 12.4 Å². The van der Waals surface area contributed by atoms with Gasteiger partial charge in [-0.2, -0.15) is 5.10 Å². The zero-order valence-corrected chi connectivity index (χ0v) is 18.3. The number of aryl methyl sites for hydroxylation is 3. The maximum atomic E-state index is 12.8. The highest BCUT2D eigenvalue weighted by atomic mass is 32.1. The molecule has 1 N–H and O–H groups in total. The SMILES string of the molecule is CCc1nn(CCCOC(=O)c2scnc2C)c2c1C(=O)NCC1(CCOCC1)C2. The van der Waals surface area contributed by atoms with Gasteiger partial charge >= 0.3 is 5.97 Å². The molecular formula is C21H28N4O4S. The number of rotatable bonds is 6. The first-order valence-electron chi connectivity index (χ1n) is 10.5. The fraction of sp³-hybridized carbons (Fsp3) is 0.619. The Morgan fingerprint density at radius 2 is 2.20 bits per heavy atom. The average Bonchev–Trinajstić information content (AvgIpc) is 3.29. The standard InChI is InChI=1S/C21H28N4O4S/c1-3-15-17-16(11-21(12-22-19(17)26)5-9-28-10-6-21)25(24-15)7-4-8-29-20(27)18-14(2)23-13-30-18/h13H,3-12H2,1-2H3,(H,22,26). The zero-order valence-electron chi connectivity index (χ0n) is 17.5. The monoisotopic (exact) mass is 432 g/mol. The number of carbonyl (C=O) groups excluding carboxylic acids is 2. The molecule has 0 aliphatic carbocycles. The summed E-state index contributed by atoms with van der Waals surface area (Å²) in [6.07, 6.45) is 4.03. The van der Waals surface area contributed by atoms with Gasteiger partial charge in [0, 0.05) is 32.7 Å². The first kappa shape index (κ1) is 21.0. The number of hydrogen-bond acceptors (Lipinski definition) is 7. The Balaban J connectivity index is 1.47. The van der Waals surface area contributed by atoms with Gasteiger partial charge in [-0.05, 0) is 38.0 Å². The molecule has 0 unspecified atom stereocenters. The molecule has 0 atom stereocenters. The molecule has 8 nitrogen and oxygen atoms in total. The Morgan fingerprint density at radius 1 is 1.40 bits per heavy atom. The minimum Gasteiger partial charge on any atom is -0.461 e. The third-order valence-electron chi connectivity index (χ3n) is 6.09. The van der Waals surface area contributed by atoms with E-state index in [1.165, 1.54) is 11.3 Å². The number of aromatic nitrogens is 3. The molecule has 162 valence electrons. The van der Waals surface area contributed by atoms with Gasteiger partial charge in [-0.15, -0.1) is 11.3 Å². The second kappa shape index (κ2) is 8.85. The molecule has 1 fully saturated rings. The fourth-order valence-corrected chi connectivity index (χ4v) is 4.99. The van der Waals surface area contributed by atoms with E-state index in [4.69, 9.17) is 14.6 Å². The molecular weight excluding hydrogens is 404 g/mol. The molecule has 0 bridgehead atoms. The van der Waals surface area contributed by atoms with Gasteiger partial charge in [0.1, 0.15) is 4.88 Å². The van der Waals surface area contributed by atoms with Crippen LogP contribution in [-0.2, 0) is 28.9 Å². The van der Waals surface area contributed by atoms with Gasteiger partial charge in [0.25, 0.3) is 5.91 Å². The number of nitrogens with one attached hydrogen (secondary N) is 1. The average molecular weight is 433 g/mol. The van der Waals surface area contributed by atoms with Crippen molar-refractivity contribution < 1.29 is 19.1 Å². The molecule has 4 rings (SSSR count). The van der Waals surface area contributed by atoms with Crippen LogP contribution >= 0.6 is 11.3 Å². The molecule has 1 amide bonds. The Hall–Kier alpha value is -2.26. The van der Waals surface area contributed by atoms with E-state index in [-0.39, 0.29) is 17.3 Å². The van der Waals surface area contributed by atoms with E-state index in [0.29, 0.717) is 43.1 Å². The van der Waals surface area contributed by atoms with E-state index in [9.17, 15) is 9.59 Å². The number of fused-ring (bicyclic) bond motifs is 1. The molecule has 2 aromatic rings. The third kappa shape index (κ3) is 4.13. The summed E-state index contributed by atoms with van der Waals surface area (Å²) in [6.45, 7) is 6.87. The Labute approximate surface area is 180 Å². The lowest BCUT2D eigenvalue weighted by atomic mass is 9.76. The Kier molecular flexibility index (Phi) is 6.19. The highest BCUT2D eigenvalue weighted by molar-refractivity contribution is 7.11. The molecule has 0 saturated carbocycles. The summed E-state index contributed by atoms with van der Waals surface area (Å²) >= 11 is 1.29. The van der Waals surface area contributed by atoms with Crippen molar-refractivity contribution in [2.24, 2.45) is 5.41 Å². The molecule has 0 aromatic carbocycles. The second-order valence-corrected chi connectivity index (χ2v) is 8.93. The number of ether oxygens (including phenoxy) is 2. The van der Waals surface area contributed by atoms with Crippen LogP contribution < -0.4 is 5.32 Å². The molecule has 1 saturated heterocycles. The number of esters is 1. The molecule has 2 aromatic heterocycles. The topological polar surface area (TPSA) is 95.3 Å². The van der Waals surface area contributed by atoms with Crippen LogP contribution in [0.5, 0.6) is 0 Å². The fourth-order valence-electron chi connectivity index (χ4n) is 4.30. The van der Waals surface area contributed by atoms with E-state index < -0.39 is 0 Å². The summed E-state index contributed by atoms with van der Waals surface area (Å²) in [4.78, 5) is 29.6.